The monoisotopic (exact) mass is 245 g/mol. The van der Waals surface area contributed by atoms with E-state index in [9.17, 15) is 0 Å². The van der Waals surface area contributed by atoms with E-state index in [4.69, 9.17) is 5.73 Å². The van der Waals surface area contributed by atoms with Gasteiger partial charge < -0.3 is 5.73 Å². The van der Waals surface area contributed by atoms with Gasteiger partial charge in [0.2, 0.25) is 0 Å². The molecule has 0 saturated heterocycles. The molecule has 2 N–H and O–H groups in total. The highest BCUT2D eigenvalue weighted by Gasteiger charge is 2.13. The number of hydrogen-bond acceptors (Lipinski definition) is 1. The lowest BCUT2D eigenvalue weighted by Crippen LogP contribution is -2.10. The Morgan fingerprint density at radius 2 is 1.83 bits per heavy atom. The van der Waals surface area contributed by atoms with Crippen molar-refractivity contribution in [2.45, 2.75) is 70.8 Å². The molecule has 2 rings (SSSR count). The third-order valence-corrected chi connectivity index (χ3v) is 4.17. The van der Waals surface area contributed by atoms with Crippen molar-refractivity contribution in [1.82, 2.24) is 0 Å². The van der Waals surface area contributed by atoms with Crippen molar-refractivity contribution in [3.8, 4) is 0 Å². The maximum Gasteiger partial charge on any atom is 0.0294 e. The van der Waals surface area contributed by atoms with Gasteiger partial charge in [-0.05, 0) is 42.4 Å². The summed E-state index contributed by atoms with van der Waals surface area (Å²) in [5.74, 6) is 0. The second-order valence-corrected chi connectivity index (χ2v) is 5.69. The summed E-state index contributed by atoms with van der Waals surface area (Å²) in [6, 6.07) is 7.16. The van der Waals surface area contributed by atoms with Gasteiger partial charge in [0.05, 0.1) is 0 Å². The van der Waals surface area contributed by atoms with Gasteiger partial charge in [-0.1, -0.05) is 57.2 Å². The van der Waals surface area contributed by atoms with Gasteiger partial charge in [0.1, 0.15) is 0 Å². The van der Waals surface area contributed by atoms with E-state index >= 15 is 0 Å². The Hall–Kier alpha value is -0.820. The van der Waals surface area contributed by atoms with Crippen LogP contribution in [0.15, 0.2) is 18.2 Å². The summed E-state index contributed by atoms with van der Waals surface area (Å²) in [7, 11) is 0. The Kier molecular flexibility index (Phi) is 5.25. The predicted octanol–water partition coefficient (Wildman–Crippen LogP) is 4.54. The molecular weight excluding hydrogens is 218 g/mol. The molecule has 1 aliphatic carbocycles. The van der Waals surface area contributed by atoms with Crippen LogP contribution in [0, 0.1) is 0 Å². The lowest BCUT2D eigenvalue weighted by Gasteiger charge is -2.13. The molecule has 0 radical (unpaired) electrons. The van der Waals surface area contributed by atoms with Crippen molar-refractivity contribution in [2.24, 2.45) is 5.73 Å². The van der Waals surface area contributed by atoms with E-state index in [2.05, 4.69) is 25.1 Å². The molecule has 1 unspecified atom stereocenters. The van der Waals surface area contributed by atoms with Gasteiger partial charge >= 0.3 is 0 Å². The first-order valence-corrected chi connectivity index (χ1v) is 7.68. The highest BCUT2D eigenvalue weighted by molar-refractivity contribution is 5.36. The van der Waals surface area contributed by atoms with Gasteiger partial charge in [0, 0.05) is 6.04 Å². The highest BCUT2D eigenvalue weighted by atomic mass is 14.6. The summed E-state index contributed by atoms with van der Waals surface area (Å²) in [6.07, 6.45) is 11.7. The van der Waals surface area contributed by atoms with Crippen molar-refractivity contribution in [3.63, 3.8) is 0 Å². The SMILES string of the molecule is CCCCCCCC(N)c1ccc2c(c1)CCC2. The largest absolute Gasteiger partial charge is 0.324 e. The molecule has 18 heavy (non-hydrogen) atoms. The third-order valence-electron chi connectivity index (χ3n) is 4.17. The minimum atomic E-state index is 0.248. The first-order chi connectivity index (χ1) is 8.81. The van der Waals surface area contributed by atoms with Gasteiger partial charge in [-0.25, -0.2) is 0 Å². The fraction of sp³-hybridized carbons (Fsp3) is 0.647. The van der Waals surface area contributed by atoms with Crippen LogP contribution in [0.1, 0.15) is 74.6 Å². The third kappa shape index (κ3) is 3.58. The van der Waals surface area contributed by atoms with Crippen molar-refractivity contribution < 1.29 is 0 Å². The lowest BCUT2D eigenvalue weighted by molar-refractivity contribution is 0.555. The first kappa shape index (κ1) is 13.6. The van der Waals surface area contributed by atoms with Crippen LogP contribution in [-0.2, 0) is 12.8 Å². The smallest absolute Gasteiger partial charge is 0.0294 e. The van der Waals surface area contributed by atoms with Crippen LogP contribution in [0.4, 0.5) is 0 Å². The fourth-order valence-electron chi connectivity index (χ4n) is 2.96. The second kappa shape index (κ2) is 6.94. The van der Waals surface area contributed by atoms with Gasteiger partial charge in [0.25, 0.3) is 0 Å². The van der Waals surface area contributed by atoms with E-state index in [1.807, 2.05) is 0 Å². The molecule has 0 amide bonds. The Balaban J connectivity index is 1.80. The Labute approximate surface area is 112 Å². The summed E-state index contributed by atoms with van der Waals surface area (Å²) >= 11 is 0. The first-order valence-electron chi connectivity index (χ1n) is 7.68. The zero-order valence-electron chi connectivity index (χ0n) is 11.8. The quantitative estimate of drug-likeness (QED) is 0.701. The van der Waals surface area contributed by atoms with Gasteiger partial charge in [0.15, 0.2) is 0 Å². The molecule has 0 fully saturated rings. The van der Waals surface area contributed by atoms with Crippen LogP contribution in [0.25, 0.3) is 0 Å². The molecule has 0 spiro atoms. The van der Waals surface area contributed by atoms with Crippen molar-refractivity contribution in [3.05, 3.63) is 34.9 Å². The standard InChI is InChI=1S/C17H27N/c1-2-3-4-5-6-10-17(18)16-12-11-14-8-7-9-15(14)13-16/h11-13,17H,2-10,18H2,1H3. The molecular formula is C17H27N. The number of nitrogens with two attached hydrogens (primary N) is 1. The minimum Gasteiger partial charge on any atom is -0.324 e. The number of hydrogen-bond donors (Lipinski definition) is 1. The van der Waals surface area contributed by atoms with Crippen molar-refractivity contribution in [1.29, 1.82) is 0 Å². The van der Waals surface area contributed by atoms with Crippen LogP contribution < -0.4 is 5.73 Å². The van der Waals surface area contributed by atoms with Crippen LogP contribution in [-0.4, -0.2) is 0 Å². The summed E-state index contributed by atoms with van der Waals surface area (Å²) in [4.78, 5) is 0. The predicted molar refractivity (Wildman–Crippen MR) is 78.8 cm³/mol. The topological polar surface area (TPSA) is 26.0 Å². The molecule has 1 atom stereocenters. The molecule has 1 nitrogen and oxygen atoms in total. The number of unbranched alkanes of at least 4 members (excludes halogenated alkanes) is 4. The van der Waals surface area contributed by atoms with Crippen molar-refractivity contribution >= 4 is 0 Å². The maximum absolute atomic E-state index is 6.30. The molecule has 1 aromatic rings. The average Bonchev–Trinajstić information content (AvgIpc) is 2.85. The summed E-state index contributed by atoms with van der Waals surface area (Å²) in [5, 5.41) is 0. The van der Waals surface area contributed by atoms with Gasteiger partial charge in [-0.2, -0.15) is 0 Å². The van der Waals surface area contributed by atoms with Crippen molar-refractivity contribution in [2.75, 3.05) is 0 Å². The lowest BCUT2D eigenvalue weighted by atomic mass is 9.97. The average molecular weight is 245 g/mol. The van der Waals surface area contributed by atoms with E-state index in [0.717, 1.165) is 6.42 Å². The zero-order chi connectivity index (χ0) is 12.8. The van der Waals surface area contributed by atoms with Gasteiger partial charge in [-0.3, -0.25) is 0 Å². The summed E-state index contributed by atoms with van der Waals surface area (Å²) in [5.41, 5.74) is 10.8. The van der Waals surface area contributed by atoms with E-state index in [1.165, 1.54) is 56.9 Å². The number of fused-ring (bicyclic) bond motifs is 1. The molecule has 0 bridgehead atoms. The Morgan fingerprint density at radius 3 is 2.67 bits per heavy atom. The molecule has 1 heteroatoms. The molecule has 0 aliphatic heterocycles. The van der Waals surface area contributed by atoms with Crippen LogP contribution in [0.3, 0.4) is 0 Å². The van der Waals surface area contributed by atoms with E-state index in [1.54, 1.807) is 11.1 Å². The highest BCUT2D eigenvalue weighted by Crippen LogP contribution is 2.26. The van der Waals surface area contributed by atoms with Crippen LogP contribution in [0.2, 0.25) is 0 Å². The molecule has 1 aliphatic rings. The number of rotatable bonds is 7. The summed E-state index contributed by atoms with van der Waals surface area (Å²) in [6.45, 7) is 2.26. The Morgan fingerprint density at radius 1 is 1.06 bits per heavy atom. The van der Waals surface area contributed by atoms with Crippen LogP contribution >= 0.6 is 0 Å². The molecule has 0 aromatic heterocycles. The minimum absolute atomic E-state index is 0.248. The number of benzene rings is 1. The van der Waals surface area contributed by atoms with E-state index < -0.39 is 0 Å². The van der Waals surface area contributed by atoms with E-state index in [-0.39, 0.29) is 6.04 Å². The zero-order valence-corrected chi connectivity index (χ0v) is 11.8. The molecule has 1 aromatic carbocycles. The molecule has 100 valence electrons. The molecule has 0 saturated carbocycles. The normalized spacial score (nSPS) is 15.7. The fourth-order valence-corrected chi connectivity index (χ4v) is 2.96. The maximum atomic E-state index is 6.30. The van der Waals surface area contributed by atoms with E-state index in [0.29, 0.717) is 0 Å². The Bertz CT molecular complexity index is 370. The summed E-state index contributed by atoms with van der Waals surface area (Å²) < 4.78 is 0. The van der Waals surface area contributed by atoms with Crippen LogP contribution in [0.5, 0.6) is 0 Å². The second-order valence-electron chi connectivity index (χ2n) is 5.69. The number of aryl methyl sites for hydroxylation is 2. The molecule has 0 heterocycles. The van der Waals surface area contributed by atoms with Gasteiger partial charge in [-0.15, -0.1) is 0 Å².